The second-order valence-corrected chi connectivity index (χ2v) is 5.85. The van der Waals surface area contributed by atoms with Crippen molar-refractivity contribution < 1.29 is 5.11 Å². The molecule has 0 aromatic heterocycles. The van der Waals surface area contributed by atoms with Crippen LogP contribution >= 0.6 is 0 Å². The van der Waals surface area contributed by atoms with Gasteiger partial charge in [0.25, 0.3) is 0 Å². The van der Waals surface area contributed by atoms with E-state index in [-0.39, 0.29) is 5.54 Å². The summed E-state index contributed by atoms with van der Waals surface area (Å²) in [6.07, 6.45) is 2.12. The zero-order valence-corrected chi connectivity index (χ0v) is 12.3. The summed E-state index contributed by atoms with van der Waals surface area (Å²) >= 11 is 0. The molecular formula is C18H23NO. The molecular weight excluding hydrogens is 246 g/mol. The third kappa shape index (κ3) is 4.39. The van der Waals surface area contributed by atoms with Crippen LogP contribution in [0.2, 0.25) is 0 Å². The molecule has 0 amide bonds. The molecule has 106 valence electrons. The minimum absolute atomic E-state index is 0.0398. The van der Waals surface area contributed by atoms with Crippen molar-refractivity contribution in [2.24, 2.45) is 0 Å². The number of phenolic OH excluding ortho intramolecular Hbond substituents is 1. The van der Waals surface area contributed by atoms with Crippen LogP contribution in [0.4, 0.5) is 0 Å². The van der Waals surface area contributed by atoms with Crippen LogP contribution in [-0.4, -0.2) is 10.6 Å². The van der Waals surface area contributed by atoms with Gasteiger partial charge in [0.2, 0.25) is 0 Å². The van der Waals surface area contributed by atoms with Gasteiger partial charge in [-0.1, -0.05) is 48.5 Å². The van der Waals surface area contributed by atoms with Gasteiger partial charge in [0, 0.05) is 17.6 Å². The fourth-order valence-corrected chi connectivity index (χ4v) is 2.18. The minimum Gasteiger partial charge on any atom is -0.508 e. The van der Waals surface area contributed by atoms with Crippen molar-refractivity contribution in [3.05, 3.63) is 65.7 Å². The van der Waals surface area contributed by atoms with E-state index in [1.807, 2.05) is 24.3 Å². The highest BCUT2D eigenvalue weighted by Crippen LogP contribution is 2.18. The van der Waals surface area contributed by atoms with Gasteiger partial charge in [0.05, 0.1) is 0 Å². The Kier molecular flexibility index (Phi) is 4.80. The summed E-state index contributed by atoms with van der Waals surface area (Å²) in [7, 11) is 0. The first kappa shape index (κ1) is 14.6. The Morgan fingerprint density at radius 1 is 0.950 bits per heavy atom. The molecule has 0 spiro atoms. The first-order valence-electron chi connectivity index (χ1n) is 7.13. The lowest BCUT2D eigenvalue weighted by atomic mass is 9.95. The highest BCUT2D eigenvalue weighted by Gasteiger charge is 2.17. The van der Waals surface area contributed by atoms with E-state index in [1.165, 1.54) is 5.56 Å². The Morgan fingerprint density at radius 2 is 1.60 bits per heavy atom. The quantitative estimate of drug-likeness (QED) is 0.833. The predicted molar refractivity (Wildman–Crippen MR) is 83.8 cm³/mol. The summed E-state index contributed by atoms with van der Waals surface area (Å²) < 4.78 is 0. The van der Waals surface area contributed by atoms with E-state index >= 15 is 0 Å². The van der Waals surface area contributed by atoms with Crippen molar-refractivity contribution in [3.63, 3.8) is 0 Å². The Hall–Kier alpha value is -1.80. The van der Waals surface area contributed by atoms with Crippen molar-refractivity contribution in [2.45, 2.75) is 38.8 Å². The highest BCUT2D eigenvalue weighted by molar-refractivity contribution is 5.31. The van der Waals surface area contributed by atoms with E-state index in [0.717, 1.165) is 18.4 Å². The zero-order chi connectivity index (χ0) is 14.4. The molecule has 0 aliphatic heterocycles. The standard InChI is InChI=1S/C18H23NO/c1-18(2,13-12-15-8-4-3-5-9-15)19-14-16-10-6-7-11-17(16)20/h3-11,19-20H,12-14H2,1-2H3. The third-order valence-electron chi connectivity index (χ3n) is 3.63. The van der Waals surface area contributed by atoms with E-state index in [0.29, 0.717) is 12.3 Å². The molecule has 0 aliphatic carbocycles. The van der Waals surface area contributed by atoms with Crippen molar-refractivity contribution in [3.8, 4) is 5.75 Å². The molecule has 2 heteroatoms. The molecule has 20 heavy (non-hydrogen) atoms. The maximum Gasteiger partial charge on any atom is 0.120 e. The van der Waals surface area contributed by atoms with Crippen LogP contribution in [-0.2, 0) is 13.0 Å². The largest absolute Gasteiger partial charge is 0.508 e. The van der Waals surface area contributed by atoms with Crippen LogP contribution < -0.4 is 5.32 Å². The molecule has 0 saturated carbocycles. The maximum atomic E-state index is 9.78. The number of aromatic hydroxyl groups is 1. The summed E-state index contributed by atoms with van der Waals surface area (Å²) in [5, 5.41) is 13.3. The minimum atomic E-state index is 0.0398. The van der Waals surface area contributed by atoms with Crippen molar-refractivity contribution in [1.82, 2.24) is 5.32 Å². The Morgan fingerprint density at radius 3 is 2.30 bits per heavy atom. The van der Waals surface area contributed by atoms with Crippen LogP contribution in [0, 0.1) is 0 Å². The molecule has 0 unspecified atom stereocenters. The molecule has 0 saturated heterocycles. The van der Waals surface area contributed by atoms with Gasteiger partial charge >= 0.3 is 0 Å². The second-order valence-electron chi connectivity index (χ2n) is 5.85. The van der Waals surface area contributed by atoms with Gasteiger partial charge < -0.3 is 10.4 Å². The lowest BCUT2D eigenvalue weighted by Crippen LogP contribution is -2.39. The Bertz CT molecular complexity index is 534. The van der Waals surface area contributed by atoms with Gasteiger partial charge in [-0.25, -0.2) is 0 Å². The van der Waals surface area contributed by atoms with Gasteiger partial charge in [-0.2, -0.15) is 0 Å². The smallest absolute Gasteiger partial charge is 0.120 e. The maximum absolute atomic E-state index is 9.78. The van der Waals surface area contributed by atoms with Gasteiger partial charge in [0.1, 0.15) is 5.75 Å². The molecule has 0 bridgehead atoms. The van der Waals surface area contributed by atoms with Gasteiger partial charge in [-0.3, -0.25) is 0 Å². The molecule has 2 aromatic rings. The van der Waals surface area contributed by atoms with Crippen molar-refractivity contribution in [2.75, 3.05) is 0 Å². The highest BCUT2D eigenvalue weighted by atomic mass is 16.3. The van der Waals surface area contributed by atoms with Gasteiger partial charge in [-0.05, 0) is 38.3 Å². The number of hydrogen-bond donors (Lipinski definition) is 2. The van der Waals surface area contributed by atoms with Gasteiger partial charge in [-0.15, -0.1) is 0 Å². The summed E-state index contributed by atoms with van der Waals surface area (Å²) in [6, 6.07) is 18.0. The van der Waals surface area contributed by atoms with Gasteiger partial charge in [0.15, 0.2) is 0 Å². The van der Waals surface area contributed by atoms with E-state index in [4.69, 9.17) is 0 Å². The topological polar surface area (TPSA) is 32.3 Å². The second kappa shape index (κ2) is 6.58. The Labute approximate surface area is 121 Å². The molecule has 0 heterocycles. The molecule has 0 radical (unpaired) electrons. The summed E-state index contributed by atoms with van der Waals surface area (Å²) in [5.74, 6) is 0.360. The summed E-state index contributed by atoms with van der Waals surface area (Å²) in [4.78, 5) is 0. The zero-order valence-electron chi connectivity index (χ0n) is 12.3. The van der Waals surface area contributed by atoms with Crippen LogP contribution in [0.3, 0.4) is 0 Å². The summed E-state index contributed by atoms with van der Waals surface area (Å²) in [6.45, 7) is 5.10. The van der Waals surface area contributed by atoms with Crippen LogP contribution in [0.15, 0.2) is 54.6 Å². The van der Waals surface area contributed by atoms with E-state index in [1.54, 1.807) is 6.07 Å². The average Bonchev–Trinajstić information content (AvgIpc) is 2.46. The lowest BCUT2D eigenvalue weighted by molar-refractivity contribution is 0.356. The number of phenols is 1. The van der Waals surface area contributed by atoms with Crippen molar-refractivity contribution in [1.29, 1.82) is 0 Å². The fraction of sp³-hybridized carbons (Fsp3) is 0.333. The SMILES string of the molecule is CC(C)(CCc1ccccc1)NCc1ccccc1O. The van der Waals surface area contributed by atoms with E-state index < -0.39 is 0 Å². The summed E-state index contributed by atoms with van der Waals surface area (Å²) in [5.41, 5.74) is 2.35. The third-order valence-corrected chi connectivity index (χ3v) is 3.63. The number of nitrogens with one attached hydrogen (secondary N) is 1. The molecule has 0 atom stereocenters. The molecule has 2 N–H and O–H groups in total. The van der Waals surface area contributed by atoms with Crippen LogP contribution in [0.1, 0.15) is 31.4 Å². The predicted octanol–water partition coefficient (Wildman–Crippen LogP) is 3.89. The van der Waals surface area contributed by atoms with E-state index in [2.05, 4.69) is 43.4 Å². The van der Waals surface area contributed by atoms with Crippen LogP contribution in [0.25, 0.3) is 0 Å². The molecule has 0 aliphatic rings. The number of para-hydroxylation sites is 1. The van der Waals surface area contributed by atoms with Crippen molar-refractivity contribution >= 4 is 0 Å². The number of benzene rings is 2. The fourth-order valence-electron chi connectivity index (χ4n) is 2.18. The normalized spacial score (nSPS) is 11.5. The molecule has 0 fully saturated rings. The average molecular weight is 269 g/mol. The Balaban J connectivity index is 1.86. The first-order valence-corrected chi connectivity index (χ1v) is 7.13. The van der Waals surface area contributed by atoms with E-state index in [9.17, 15) is 5.11 Å². The lowest BCUT2D eigenvalue weighted by Gasteiger charge is -2.27. The number of aryl methyl sites for hydroxylation is 1. The number of rotatable bonds is 6. The molecule has 2 rings (SSSR count). The van der Waals surface area contributed by atoms with Crippen LogP contribution in [0.5, 0.6) is 5.75 Å². The first-order chi connectivity index (χ1) is 9.57. The monoisotopic (exact) mass is 269 g/mol. The number of hydrogen-bond acceptors (Lipinski definition) is 2. The molecule has 2 aromatic carbocycles. The molecule has 2 nitrogen and oxygen atoms in total.